The second kappa shape index (κ2) is 19.8. The zero-order valence-corrected chi connectivity index (χ0v) is 22.4. The maximum absolute atomic E-state index is 10.8. The minimum Gasteiger partial charge on any atom is -0.396 e. The third kappa shape index (κ3) is 14.1. The minimum atomic E-state index is -1.14. The Morgan fingerprint density at radius 2 is 1.23 bits per heavy atom. The van der Waals surface area contributed by atoms with Crippen LogP contribution in [0.25, 0.3) is 0 Å². The number of allylic oxidation sites excluding steroid dienone is 2. The fourth-order valence-corrected chi connectivity index (χ4v) is 3.09. The Hall–Kier alpha value is -1.37. The Morgan fingerprint density at radius 1 is 0.800 bits per heavy atom. The maximum Gasteiger partial charge on any atom is 0.304 e. The lowest BCUT2D eigenvalue weighted by atomic mass is 9.97. The molecule has 2 aromatic rings. The van der Waals surface area contributed by atoms with E-state index < -0.39 is 10.5 Å². The number of halogens is 6. The molecule has 0 radical (unpaired) electrons. The molecule has 0 unspecified atom stereocenters. The van der Waals surface area contributed by atoms with E-state index in [1.165, 1.54) is 0 Å². The quantitative estimate of drug-likeness (QED) is 0.135. The molecule has 0 bridgehead atoms. The van der Waals surface area contributed by atoms with E-state index >= 15 is 0 Å². The molecule has 10 heteroatoms. The largest absolute Gasteiger partial charge is 0.396 e. The minimum absolute atomic E-state index is 0. The molecule has 0 saturated carbocycles. The fourth-order valence-electron chi connectivity index (χ4n) is 2.48. The van der Waals surface area contributed by atoms with E-state index in [4.69, 9.17) is 51.5 Å². The molecule has 0 saturated heterocycles. The molecule has 0 amide bonds. The van der Waals surface area contributed by atoms with E-state index in [2.05, 4.69) is 36.4 Å². The predicted molar refractivity (Wildman–Crippen MR) is 150 cm³/mol. The molecule has 0 aliphatic heterocycles. The monoisotopic (exact) mass is 600 g/mol. The summed E-state index contributed by atoms with van der Waals surface area (Å²) in [6, 6.07) is 10.6. The zero-order valence-electron chi connectivity index (χ0n) is 17.8. The number of aliphatic hydroxyl groups is 1. The second-order valence-corrected chi connectivity index (χ2v) is 8.88. The average molecular weight is 603 g/mol. The van der Waals surface area contributed by atoms with Gasteiger partial charge in [-0.1, -0.05) is 78.1 Å². The van der Waals surface area contributed by atoms with Gasteiger partial charge in [-0.3, -0.25) is 9.59 Å². The van der Waals surface area contributed by atoms with Crippen molar-refractivity contribution >= 4 is 86.4 Å². The lowest BCUT2D eigenvalue weighted by Crippen LogP contribution is -2.02. The van der Waals surface area contributed by atoms with Crippen LogP contribution in [0, 0.1) is 0 Å². The Labute approximate surface area is 236 Å². The van der Waals surface area contributed by atoms with Crippen LogP contribution in [0.4, 0.5) is 0 Å². The van der Waals surface area contributed by atoms with Gasteiger partial charge in [-0.2, -0.15) is 0 Å². The van der Waals surface area contributed by atoms with E-state index in [9.17, 15) is 14.4 Å². The van der Waals surface area contributed by atoms with Crippen LogP contribution >= 0.6 is 69.6 Å². The van der Waals surface area contributed by atoms with Gasteiger partial charge in [-0.25, -0.2) is 0 Å². The second-order valence-electron chi connectivity index (χ2n) is 6.57. The van der Waals surface area contributed by atoms with Gasteiger partial charge in [0.15, 0.2) is 0 Å². The van der Waals surface area contributed by atoms with Gasteiger partial charge in [-0.05, 0) is 71.4 Å². The summed E-state index contributed by atoms with van der Waals surface area (Å²) in [7, 11) is 0. The van der Waals surface area contributed by atoms with Crippen LogP contribution < -0.4 is 0 Å². The average Bonchev–Trinajstić information content (AvgIpc) is 2.80. The molecular formula is C25H26Cl6O4. The molecule has 0 aliphatic carbocycles. The van der Waals surface area contributed by atoms with Gasteiger partial charge in [0.05, 0.1) is 26.7 Å². The standard InChI is InChI=1S/C11H12Cl2O.C11H10Cl2O.C2Cl2O2.CH4/c2*1-2-3-9(7-14)8-4-5-10(12)11(13)6-8;3-1(5)2(4)6;/h2,4-6,9,14H,1,3,7H2;2,4-7,9H,1,3H2;;1H4/t2*9-;;/m11../s1. The lowest BCUT2D eigenvalue weighted by Gasteiger charge is -2.12. The molecule has 0 aliphatic rings. The number of carbonyl (C=O) groups is 3. The molecule has 192 valence electrons. The number of rotatable bonds is 9. The van der Waals surface area contributed by atoms with Crippen LogP contribution in [0.5, 0.6) is 0 Å². The molecule has 35 heavy (non-hydrogen) atoms. The summed E-state index contributed by atoms with van der Waals surface area (Å²) < 4.78 is 0. The molecule has 0 heterocycles. The first-order valence-electron chi connectivity index (χ1n) is 9.59. The molecule has 4 nitrogen and oxygen atoms in total. The maximum atomic E-state index is 10.8. The Morgan fingerprint density at radius 3 is 1.57 bits per heavy atom. The van der Waals surface area contributed by atoms with Crippen molar-refractivity contribution in [2.45, 2.75) is 32.1 Å². The summed E-state index contributed by atoms with van der Waals surface area (Å²) in [5.74, 6) is -0.121. The van der Waals surface area contributed by atoms with Crippen molar-refractivity contribution in [1.29, 1.82) is 0 Å². The van der Waals surface area contributed by atoms with Gasteiger partial charge >= 0.3 is 10.5 Å². The summed E-state index contributed by atoms with van der Waals surface area (Å²) in [5, 5.41) is 8.89. The predicted octanol–water partition coefficient (Wildman–Crippen LogP) is 8.65. The third-order valence-corrected chi connectivity index (χ3v) is 6.12. The van der Waals surface area contributed by atoms with Gasteiger partial charge in [0.2, 0.25) is 0 Å². The highest BCUT2D eigenvalue weighted by Gasteiger charge is 2.11. The van der Waals surface area contributed by atoms with Gasteiger partial charge in [0.1, 0.15) is 6.29 Å². The van der Waals surface area contributed by atoms with Gasteiger partial charge in [0.25, 0.3) is 0 Å². The topological polar surface area (TPSA) is 71.4 Å². The van der Waals surface area contributed by atoms with Crippen LogP contribution in [0.3, 0.4) is 0 Å². The summed E-state index contributed by atoms with van der Waals surface area (Å²) in [6.07, 6.45) is 5.72. The lowest BCUT2D eigenvalue weighted by molar-refractivity contribution is -0.127. The van der Waals surface area contributed by atoms with Crippen molar-refractivity contribution < 1.29 is 19.5 Å². The molecular weight excluding hydrogens is 577 g/mol. The summed E-state index contributed by atoms with van der Waals surface area (Å²) in [4.78, 5) is 29.6. The Balaban J connectivity index is 0. The summed E-state index contributed by atoms with van der Waals surface area (Å²) >= 11 is 32.3. The molecule has 2 rings (SSSR count). The highest BCUT2D eigenvalue weighted by molar-refractivity contribution is 6.97. The fraction of sp³-hybridized carbons (Fsp3) is 0.240. The van der Waals surface area contributed by atoms with E-state index in [0.29, 0.717) is 26.5 Å². The highest BCUT2D eigenvalue weighted by Crippen LogP contribution is 2.28. The first-order chi connectivity index (χ1) is 16.0. The first kappa shape index (κ1) is 35.8. The molecule has 0 fully saturated rings. The van der Waals surface area contributed by atoms with Crippen LogP contribution in [0.15, 0.2) is 61.7 Å². The van der Waals surface area contributed by atoms with E-state index in [1.807, 2.05) is 6.07 Å². The van der Waals surface area contributed by atoms with E-state index in [-0.39, 0.29) is 25.9 Å². The van der Waals surface area contributed by atoms with E-state index in [1.54, 1.807) is 42.5 Å². The third-order valence-electron chi connectivity index (χ3n) is 4.20. The Kier molecular flexibility index (Phi) is 20.2. The van der Waals surface area contributed by atoms with E-state index in [0.717, 1.165) is 23.8 Å². The zero-order chi connectivity index (χ0) is 26.3. The molecule has 1 N–H and O–H groups in total. The van der Waals surface area contributed by atoms with Crippen molar-refractivity contribution in [2.24, 2.45) is 0 Å². The molecule has 2 aromatic carbocycles. The van der Waals surface area contributed by atoms with Gasteiger partial charge in [0, 0.05) is 11.8 Å². The molecule has 0 spiro atoms. The molecule has 2 atom stereocenters. The van der Waals surface area contributed by atoms with Crippen LogP contribution in [0.2, 0.25) is 20.1 Å². The van der Waals surface area contributed by atoms with Crippen molar-refractivity contribution in [3.63, 3.8) is 0 Å². The number of carbonyl (C=O) groups excluding carboxylic acids is 3. The van der Waals surface area contributed by atoms with Crippen molar-refractivity contribution in [1.82, 2.24) is 0 Å². The first-order valence-corrected chi connectivity index (χ1v) is 11.9. The SMILES string of the molecule is C.C=CC[C@H](C=O)c1ccc(Cl)c(Cl)c1.C=CC[C@H](CO)c1ccc(Cl)c(Cl)c1.O=C(Cl)C(=O)Cl. The molecule has 0 aromatic heterocycles. The van der Waals surface area contributed by atoms with Crippen molar-refractivity contribution in [2.75, 3.05) is 6.61 Å². The van der Waals surface area contributed by atoms with Crippen LogP contribution in [0.1, 0.15) is 43.2 Å². The van der Waals surface area contributed by atoms with Crippen LogP contribution in [-0.2, 0) is 14.4 Å². The number of aliphatic hydroxyl groups excluding tert-OH is 1. The summed E-state index contributed by atoms with van der Waals surface area (Å²) in [6.45, 7) is 7.33. The number of benzene rings is 2. The number of aldehydes is 1. The number of hydrogen-bond donors (Lipinski definition) is 1. The normalized spacial score (nSPS) is 11.2. The van der Waals surface area contributed by atoms with Gasteiger partial charge < -0.3 is 9.90 Å². The summed E-state index contributed by atoms with van der Waals surface area (Å²) in [5.41, 5.74) is 1.86. The van der Waals surface area contributed by atoms with Crippen molar-refractivity contribution in [3.05, 3.63) is 92.9 Å². The Bertz CT molecular complexity index is 982. The highest BCUT2D eigenvalue weighted by atomic mass is 35.5. The van der Waals surface area contributed by atoms with Gasteiger partial charge in [-0.15, -0.1) is 13.2 Å². The van der Waals surface area contributed by atoms with Crippen molar-refractivity contribution in [3.8, 4) is 0 Å². The van der Waals surface area contributed by atoms with Crippen LogP contribution in [-0.4, -0.2) is 28.5 Å². The number of hydrogen-bond acceptors (Lipinski definition) is 4. The smallest absolute Gasteiger partial charge is 0.304 e.